The summed E-state index contributed by atoms with van der Waals surface area (Å²) in [4.78, 5) is 0. The molecule has 0 atom stereocenters. The van der Waals surface area contributed by atoms with Crippen molar-refractivity contribution in [1.82, 2.24) is 10.6 Å². The number of hydrogen-bond acceptors (Lipinski definition) is 4. The Labute approximate surface area is 127 Å². The standard InChI is InChI=1S/C16H25BN2O2/c1-4-5-16(13(2)3)19-11-10-18-12-14-6-8-15(9-7-14)17(20)21/h5-9,18-21H,2,4,10-12H2,1,3H3/b16-5+. The highest BCUT2D eigenvalue weighted by Gasteiger charge is 2.09. The molecular formula is C16H25BN2O2. The second-order valence-electron chi connectivity index (χ2n) is 5.03. The van der Waals surface area contributed by atoms with E-state index in [1.807, 2.05) is 19.1 Å². The van der Waals surface area contributed by atoms with Crippen LogP contribution in [0.4, 0.5) is 0 Å². The summed E-state index contributed by atoms with van der Waals surface area (Å²) in [6.07, 6.45) is 3.13. The SMILES string of the molecule is C=C(C)/C(=C\CC)NCCNCc1ccc(B(O)O)cc1. The third kappa shape index (κ3) is 6.62. The van der Waals surface area contributed by atoms with Crippen LogP contribution in [0.3, 0.4) is 0 Å². The number of allylic oxidation sites excluding steroid dienone is 2. The van der Waals surface area contributed by atoms with Crippen LogP contribution in [-0.4, -0.2) is 30.3 Å². The largest absolute Gasteiger partial charge is 0.488 e. The highest BCUT2D eigenvalue weighted by molar-refractivity contribution is 6.58. The molecule has 1 aromatic rings. The van der Waals surface area contributed by atoms with Gasteiger partial charge in [0.25, 0.3) is 0 Å². The van der Waals surface area contributed by atoms with E-state index in [1.54, 1.807) is 12.1 Å². The van der Waals surface area contributed by atoms with Crippen LogP contribution in [0.1, 0.15) is 25.8 Å². The molecule has 0 saturated heterocycles. The molecule has 0 amide bonds. The lowest BCUT2D eigenvalue weighted by molar-refractivity contribution is 0.426. The molecule has 0 aliphatic rings. The first-order valence-electron chi connectivity index (χ1n) is 7.30. The maximum Gasteiger partial charge on any atom is 0.488 e. The molecule has 21 heavy (non-hydrogen) atoms. The molecule has 0 aliphatic heterocycles. The highest BCUT2D eigenvalue weighted by Crippen LogP contribution is 2.03. The van der Waals surface area contributed by atoms with Gasteiger partial charge in [0.1, 0.15) is 0 Å². The third-order valence-electron chi connectivity index (χ3n) is 3.09. The van der Waals surface area contributed by atoms with Crippen molar-refractivity contribution < 1.29 is 10.0 Å². The zero-order valence-corrected chi connectivity index (χ0v) is 12.9. The van der Waals surface area contributed by atoms with Gasteiger partial charge in [-0.05, 0) is 29.9 Å². The zero-order chi connectivity index (χ0) is 15.7. The van der Waals surface area contributed by atoms with Crippen LogP contribution in [0.5, 0.6) is 0 Å². The molecule has 0 unspecified atom stereocenters. The van der Waals surface area contributed by atoms with Gasteiger partial charge in [0, 0.05) is 25.3 Å². The van der Waals surface area contributed by atoms with E-state index in [9.17, 15) is 0 Å². The van der Waals surface area contributed by atoms with Gasteiger partial charge >= 0.3 is 7.12 Å². The lowest BCUT2D eigenvalue weighted by atomic mass is 9.80. The Kier molecular flexibility index (Phi) is 7.83. The molecule has 5 heteroatoms. The summed E-state index contributed by atoms with van der Waals surface area (Å²) < 4.78 is 0. The Balaban J connectivity index is 2.28. The number of rotatable bonds is 9. The molecule has 0 heterocycles. The minimum Gasteiger partial charge on any atom is -0.423 e. The highest BCUT2D eigenvalue weighted by atomic mass is 16.4. The van der Waals surface area contributed by atoms with Crippen LogP contribution in [0.15, 0.2) is 48.2 Å². The summed E-state index contributed by atoms with van der Waals surface area (Å²) in [5, 5.41) is 24.7. The van der Waals surface area contributed by atoms with Gasteiger partial charge in [0.2, 0.25) is 0 Å². The van der Waals surface area contributed by atoms with Gasteiger partial charge in [0.05, 0.1) is 0 Å². The number of nitrogens with one attached hydrogen (secondary N) is 2. The molecule has 0 aromatic heterocycles. The Hall–Kier alpha value is -1.56. The Morgan fingerprint density at radius 1 is 1.24 bits per heavy atom. The first-order valence-corrected chi connectivity index (χ1v) is 7.30. The van der Waals surface area contributed by atoms with Crippen LogP contribution < -0.4 is 16.1 Å². The van der Waals surface area contributed by atoms with Crippen LogP contribution in [-0.2, 0) is 6.54 Å². The molecule has 1 aromatic carbocycles. The van der Waals surface area contributed by atoms with Crippen molar-refractivity contribution in [2.75, 3.05) is 13.1 Å². The molecule has 0 spiro atoms. The molecule has 4 N–H and O–H groups in total. The molecule has 0 fully saturated rings. The van der Waals surface area contributed by atoms with Crippen LogP contribution in [0, 0.1) is 0 Å². The smallest absolute Gasteiger partial charge is 0.423 e. The molecule has 0 saturated carbocycles. The summed E-state index contributed by atoms with van der Waals surface area (Å²) in [6, 6.07) is 7.24. The maximum absolute atomic E-state index is 9.02. The lowest BCUT2D eigenvalue weighted by Gasteiger charge is -2.11. The average Bonchev–Trinajstić information content (AvgIpc) is 2.46. The molecule has 114 valence electrons. The van der Waals surface area contributed by atoms with E-state index in [0.717, 1.165) is 42.9 Å². The van der Waals surface area contributed by atoms with Crippen LogP contribution in [0.25, 0.3) is 0 Å². The van der Waals surface area contributed by atoms with Crippen molar-refractivity contribution >= 4 is 12.6 Å². The number of hydrogen-bond donors (Lipinski definition) is 4. The van der Waals surface area contributed by atoms with E-state index >= 15 is 0 Å². The van der Waals surface area contributed by atoms with Crippen LogP contribution in [0.2, 0.25) is 0 Å². The fourth-order valence-electron chi connectivity index (χ4n) is 1.93. The second kappa shape index (κ2) is 9.39. The van der Waals surface area contributed by atoms with Crippen molar-refractivity contribution in [3.63, 3.8) is 0 Å². The minimum absolute atomic E-state index is 0.510. The van der Waals surface area contributed by atoms with E-state index in [-0.39, 0.29) is 0 Å². The van der Waals surface area contributed by atoms with Crippen molar-refractivity contribution in [1.29, 1.82) is 0 Å². The summed E-state index contributed by atoms with van der Waals surface area (Å²) in [7, 11) is -1.40. The van der Waals surface area contributed by atoms with Crippen molar-refractivity contribution in [2.45, 2.75) is 26.8 Å². The summed E-state index contributed by atoms with van der Waals surface area (Å²) in [5.74, 6) is 0. The minimum atomic E-state index is -1.40. The molecule has 0 radical (unpaired) electrons. The van der Waals surface area contributed by atoms with Crippen molar-refractivity contribution in [3.8, 4) is 0 Å². The normalized spacial score (nSPS) is 11.3. The van der Waals surface area contributed by atoms with Gasteiger partial charge in [0.15, 0.2) is 0 Å². The van der Waals surface area contributed by atoms with Gasteiger partial charge < -0.3 is 20.7 Å². The van der Waals surface area contributed by atoms with E-state index in [2.05, 4.69) is 30.2 Å². The van der Waals surface area contributed by atoms with E-state index in [1.165, 1.54) is 0 Å². The molecular weight excluding hydrogens is 263 g/mol. The van der Waals surface area contributed by atoms with Gasteiger partial charge in [-0.15, -0.1) is 0 Å². The first kappa shape index (κ1) is 17.5. The van der Waals surface area contributed by atoms with E-state index in [0.29, 0.717) is 5.46 Å². The van der Waals surface area contributed by atoms with Crippen molar-refractivity contribution in [3.05, 3.63) is 53.8 Å². The monoisotopic (exact) mass is 288 g/mol. The van der Waals surface area contributed by atoms with Gasteiger partial charge in [-0.2, -0.15) is 0 Å². The molecule has 0 aliphatic carbocycles. The molecule has 4 nitrogen and oxygen atoms in total. The quantitative estimate of drug-likeness (QED) is 0.310. The predicted octanol–water partition coefficient (Wildman–Crippen LogP) is 0.916. The zero-order valence-electron chi connectivity index (χ0n) is 12.9. The third-order valence-corrected chi connectivity index (χ3v) is 3.09. The maximum atomic E-state index is 9.02. The topological polar surface area (TPSA) is 64.5 Å². The van der Waals surface area contributed by atoms with Gasteiger partial charge in [-0.3, -0.25) is 0 Å². The number of benzene rings is 1. The fourth-order valence-corrected chi connectivity index (χ4v) is 1.93. The van der Waals surface area contributed by atoms with Crippen LogP contribution >= 0.6 is 0 Å². The van der Waals surface area contributed by atoms with Gasteiger partial charge in [-0.25, -0.2) is 0 Å². The van der Waals surface area contributed by atoms with E-state index in [4.69, 9.17) is 10.0 Å². The first-order chi connectivity index (χ1) is 10.0. The molecule has 0 bridgehead atoms. The van der Waals surface area contributed by atoms with E-state index < -0.39 is 7.12 Å². The Morgan fingerprint density at radius 3 is 2.43 bits per heavy atom. The van der Waals surface area contributed by atoms with Crippen molar-refractivity contribution in [2.24, 2.45) is 0 Å². The van der Waals surface area contributed by atoms with Gasteiger partial charge in [-0.1, -0.05) is 43.8 Å². The summed E-state index contributed by atoms with van der Waals surface area (Å²) in [5.41, 5.74) is 3.79. The second-order valence-corrected chi connectivity index (χ2v) is 5.03. The predicted molar refractivity (Wildman–Crippen MR) is 89.2 cm³/mol. The Morgan fingerprint density at radius 2 is 1.90 bits per heavy atom. The lowest BCUT2D eigenvalue weighted by Crippen LogP contribution is -2.30. The Bertz CT molecular complexity index is 470. The summed E-state index contributed by atoms with van der Waals surface area (Å²) >= 11 is 0. The average molecular weight is 288 g/mol. The summed E-state index contributed by atoms with van der Waals surface area (Å²) in [6.45, 7) is 10.5. The fraction of sp³-hybridized carbons (Fsp3) is 0.375. The molecule has 1 rings (SSSR count).